The highest BCUT2D eigenvalue weighted by Gasteiger charge is 2.02. The van der Waals surface area contributed by atoms with E-state index in [0.717, 1.165) is 12.3 Å². The van der Waals surface area contributed by atoms with Crippen LogP contribution in [0.25, 0.3) is 0 Å². The van der Waals surface area contributed by atoms with Crippen LogP contribution in [-0.2, 0) is 4.79 Å². The fraction of sp³-hybridized carbons (Fsp3) is 0.462. The molecular weight excluding hydrogens is 218 g/mol. The highest BCUT2D eigenvalue weighted by Crippen LogP contribution is 2.21. The number of Topliss-reactive ketones (excluding diaryl/α,β-unsaturated/α-hetero) is 1. The first kappa shape index (κ1) is 13.1. The highest BCUT2D eigenvalue weighted by atomic mass is 32.2. The zero-order valence-corrected chi connectivity index (χ0v) is 11.0. The number of rotatable bonds is 6. The van der Waals surface area contributed by atoms with Crippen molar-refractivity contribution in [3.63, 3.8) is 0 Å². The Morgan fingerprint density at radius 2 is 1.94 bits per heavy atom. The summed E-state index contributed by atoms with van der Waals surface area (Å²) in [5.74, 6) is 1.34. The quantitative estimate of drug-likeness (QED) is 0.709. The van der Waals surface area contributed by atoms with Gasteiger partial charge in [-0.15, -0.1) is 11.8 Å². The molecule has 2 nitrogen and oxygen atoms in total. The van der Waals surface area contributed by atoms with Gasteiger partial charge in [-0.1, -0.05) is 6.92 Å². The summed E-state index contributed by atoms with van der Waals surface area (Å²) in [6.07, 6.45) is 0.613. The molecule has 0 saturated carbocycles. The molecule has 0 aliphatic heterocycles. The molecule has 0 heterocycles. The van der Waals surface area contributed by atoms with Gasteiger partial charge in [-0.05, 0) is 36.9 Å². The van der Waals surface area contributed by atoms with Gasteiger partial charge in [0.1, 0.15) is 5.78 Å². The first-order chi connectivity index (χ1) is 7.63. The van der Waals surface area contributed by atoms with Gasteiger partial charge in [-0.2, -0.15) is 0 Å². The maximum absolute atomic E-state index is 10.9. The number of nitrogens with zero attached hydrogens (tertiary/aromatic N) is 1. The van der Waals surface area contributed by atoms with Gasteiger partial charge in [0.2, 0.25) is 0 Å². The molecule has 0 radical (unpaired) electrons. The first-order valence-electron chi connectivity index (χ1n) is 5.57. The molecular formula is C13H19NOS. The molecule has 1 aromatic carbocycles. The smallest absolute Gasteiger partial charge is 0.131 e. The van der Waals surface area contributed by atoms with Crippen molar-refractivity contribution >= 4 is 23.2 Å². The van der Waals surface area contributed by atoms with Crippen LogP contribution in [0.3, 0.4) is 0 Å². The van der Waals surface area contributed by atoms with E-state index in [1.807, 2.05) is 18.8 Å². The number of carbonyl (C=O) groups excluding carboxylic acids is 1. The minimum absolute atomic E-state index is 0.241. The van der Waals surface area contributed by atoms with Gasteiger partial charge in [0.05, 0.1) is 0 Å². The third-order valence-electron chi connectivity index (χ3n) is 2.39. The SMILES string of the molecule is CCSc1ccc(N(C)CCC(C)=O)cc1. The maximum atomic E-state index is 10.9. The topological polar surface area (TPSA) is 20.3 Å². The van der Waals surface area contributed by atoms with E-state index in [1.54, 1.807) is 6.92 Å². The molecule has 0 N–H and O–H groups in total. The molecule has 0 atom stereocenters. The van der Waals surface area contributed by atoms with Crippen molar-refractivity contribution in [3.05, 3.63) is 24.3 Å². The number of anilines is 1. The normalized spacial score (nSPS) is 10.2. The molecule has 0 aliphatic carbocycles. The van der Waals surface area contributed by atoms with E-state index < -0.39 is 0 Å². The second-order valence-corrected chi connectivity index (χ2v) is 5.14. The van der Waals surface area contributed by atoms with Crippen molar-refractivity contribution in [2.75, 3.05) is 24.2 Å². The van der Waals surface area contributed by atoms with Gasteiger partial charge in [0.25, 0.3) is 0 Å². The summed E-state index contributed by atoms with van der Waals surface area (Å²) in [6.45, 7) is 4.57. The molecule has 0 amide bonds. The lowest BCUT2D eigenvalue weighted by Crippen LogP contribution is -2.20. The first-order valence-corrected chi connectivity index (χ1v) is 6.55. The number of ketones is 1. The Balaban J connectivity index is 2.55. The Kier molecular flexibility index (Phi) is 5.39. The zero-order valence-electron chi connectivity index (χ0n) is 10.2. The second-order valence-electron chi connectivity index (χ2n) is 3.80. The minimum atomic E-state index is 0.241. The number of hydrogen-bond donors (Lipinski definition) is 0. The lowest BCUT2D eigenvalue weighted by Gasteiger charge is -2.18. The van der Waals surface area contributed by atoms with Gasteiger partial charge in [0.15, 0.2) is 0 Å². The summed E-state index contributed by atoms with van der Waals surface area (Å²) in [6, 6.07) is 8.48. The zero-order chi connectivity index (χ0) is 12.0. The molecule has 88 valence electrons. The minimum Gasteiger partial charge on any atom is -0.374 e. The summed E-state index contributed by atoms with van der Waals surface area (Å²) in [5.41, 5.74) is 1.17. The Morgan fingerprint density at radius 1 is 1.31 bits per heavy atom. The summed E-state index contributed by atoms with van der Waals surface area (Å²) in [4.78, 5) is 14.3. The summed E-state index contributed by atoms with van der Waals surface area (Å²) >= 11 is 1.84. The van der Waals surface area contributed by atoms with Gasteiger partial charge >= 0.3 is 0 Å². The largest absolute Gasteiger partial charge is 0.374 e. The van der Waals surface area contributed by atoms with Crippen molar-refractivity contribution < 1.29 is 4.79 Å². The van der Waals surface area contributed by atoms with E-state index in [9.17, 15) is 4.79 Å². The Bertz CT molecular complexity index is 334. The van der Waals surface area contributed by atoms with Crippen molar-refractivity contribution in [1.82, 2.24) is 0 Å². The van der Waals surface area contributed by atoms with Crippen molar-refractivity contribution in [2.45, 2.75) is 25.2 Å². The van der Waals surface area contributed by atoms with Gasteiger partial charge in [-0.25, -0.2) is 0 Å². The van der Waals surface area contributed by atoms with Crippen molar-refractivity contribution in [3.8, 4) is 0 Å². The molecule has 0 fully saturated rings. The monoisotopic (exact) mass is 237 g/mol. The molecule has 0 saturated heterocycles. The van der Waals surface area contributed by atoms with Crippen LogP contribution in [0.15, 0.2) is 29.2 Å². The number of hydrogen-bond acceptors (Lipinski definition) is 3. The number of benzene rings is 1. The predicted octanol–water partition coefficient (Wildman–Crippen LogP) is 3.21. The fourth-order valence-corrected chi connectivity index (χ4v) is 2.08. The van der Waals surface area contributed by atoms with Crippen LogP contribution in [0, 0.1) is 0 Å². The number of carbonyl (C=O) groups is 1. The predicted molar refractivity (Wildman–Crippen MR) is 71.4 cm³/mol. The standard InChI is InChI=1S/C13H19NOS/c1-4-16-13-7-5-12(6-8-13)14(3)10-9-11(2)15/h5-8H,4,9-10H2,1-3H3. The van der Waals surface area contributed by atoms with Crippen LogP contribution in [0.5, 0.6) is 0 Å². The molecule has 1 rings (SSSR count). The van der Waals surface area contributed by atoms with Crippen molar-refractivity contribution in [2.24, 2.45) is 0 Å². The lowest BCUT2D eigenvalue weighted by atomic mass is 10.2. The van der Waals surface area contributed by atoms with Gasteiger partial charge < -0.3 is 4.90 Å². The van der Waals surface area contributed by atoms with E-state index in [0.29, 0.717) is 6.42 Å². The van der Waals surface area contributed by atoms with E-state index in [4.69, 9.17) is 0 Å². The second kappa shape index (κ2) is 6.59. The molecule has 16 heavy (non-hydrogen) atoms. The van der Waals surface area contributed by atoms with E-state index in [2.05, 4.69) is 36.1 Å². The molecule has 0 bridgehead atoms. The third-order valence-corrected chi connectivity index (χ3v) is 3.28. The maximum Gasteiger partial charge on any atom is 0.131 e. The average molecular weight is 237 g/mol. The lowest BCUT2D eigenvalue weighted by molar-refractivity contribution is -0.116. The van der Waals surface area contributed by atoms with Crippen LogP contribution in [-0.4, -0.2) is 25.1 Å². The average Bonchev–Trinajstić information content (AvgIpc) is 2.27. The fourth-order valence-electron chi connectivity index (χ4n) is 1.42. The van der Waals surface area contributed by atoms with E-state index >= 15 is 0 Å². The third kappa shape index (κ3) is 4.27. The summed E-state index contributed by atoms with van der Waals surface area (Å²) in [5, 5.41) is 0. The van der Waals surface area contributed by atoms with Crippen LogP contribution < -0.4 is 4.90 Å². The van der Waals surface area contributed by atoms with Crippen molar-refractivity contribution in [1.29, 1.82) is 0 Å². The molecule has 3 heteroatoms. The Labute approximate surface area is 102 Å². The van der Waals surface area contributed by atoms with Crippen LogP contribution in [0.2, 0.25) is 0 Å². The summed E-state index contributed by atoms with van der Waals surface area (Å²) in [7, 11) is 2.02. The highest BCUT2D eigenvalue weighted by molar-refractivity contribution is 7.99. The Morgan fingerprint density at radius 3 is 2.44 bits per heavy atom. The molecule has 1 aromatic rings. The number of thioether (sulfide) groups is 1. The van der Waals surface area contributed by atoms with Crippen LogP contribution in [0.1, 0.15) is 20.3 Å². The van der Waals surface area contributed by atoms with Crippen LogP contribution in [0.4, 0.5) is 5.69 Å². The Hall–Kier alpha value is -0.960. The summed E-state index contributed by atoms with van der Waals surface area (Å²) < 4.78 is 0. The molecule has 0 aliphatic rings. The molecule has 0 aromatic heterocycles. The van der Waals surface area contributed by atoms with Gasteiger partial charge in [-0.3, -0.25) is 4.79 Å². The van der Waals surface area contributed by atoms with Gasteiger partial charge in [0, 0.05) is 30.6 Å². The van der Waals surface area contributed by atoms with E-state index in [-0.39, 0.29) is 5.78 Å². The molecule has 0 unspecified atom stereocenters. The van der Waals surface area contributed by atoms with E-state index in [1.165, 1.54) is 10.6 Å². The van der Waals surface area contributed by atoms with Crippen LogP contribution >= 0.6 is 11.8 Å². The molecule has 0 spiro atoms.